The largest absolute Gasteiger partial charge is 0.480 e. The van der Waals surface area contributed by atoms with E-state index in [1.807, 2.05) is 12.3 Å². The van der Waals surface area contributed by atoms with Gasteiger partial charge in [-0.3, -0.25) is 0 Å². The quantitative estimate of drug-likeness (QED) is 0.709. The number of pyridine rings is 1. The number of methoxy groups -OCH3 is 1. The van der Waals surface area contributed by atoms with Crippen molar-refractivity contribution in [1.82, 2.24) is 19.9 Å². The fourth-order valence-corrected chi connectivity index (χ4v) is 4.12. The van der Waals surface area contributed by atoms with E-state index in [2.05, 4.69) is 45.3 Å². The van der Waals surface area contributed by atoms with Crippen molar-refractivity contribution >= 4 is 28.2 Å². The minimum atomic E-state index is 0.535. The molecular formula is C22H26N6O2. The third kappa shape index (κ3) is 3.64. The van der Waals surface area contributed by atoms with Crippen LogP contribution in [-0.4, -0.2) is 66.9 Å². The Kier molecular flexibility index (Phi) is 5.10. The summed E-state index contributed by atoms with van der Waals surface area (Å²) in [6.07, 6.45) is 2.79. The maximum atomic E-state index is 5.55. The van der Waals surface area contributed by atoms with Crippen LogP contribution in [0, 0.1) is 0 Å². The third-order valence-corrected chi connectivity index (χ3v) is 5.71. The molecule has 1 N–H and O–H groups in total. The topological polar surface area (TPSA) is 75.6 Å². The van der Waals surface area contributed by atoms with Crippen LogP contribution in [-0.2, 0) is 17.7 Å². The highest BCUT2D eigenvalue weighted by Crippen LogP contribution is 2.31. The van der Waals surface area contributed by atoms with Gasteiger partial charge in [-0.25, -0.2) is 15.0 Å². The van der Waals surface area contributed by atoms with Gasteiger partial charge in [0.15, 0.2) is 0 Å². The normalized spacial score (nSPS) is 17.1. The van der Waals surface area contributed by atoms with Crippen molar-refractivity contribution in [2.75, 3.05) is 57.2 Å². The molecule has 2 aliphatic rings. The zero-order valence-electron chi connectivity index (χ0n) is 17.4. The van der Waals surface area contributed by atoms with Gasteiger partial charge in [-0.1, -0.05) is 12.1 Å². The molecule has 1 saturated heterocycles. The van der Waals surface area contributed by atoms with E-state index in [0.29, 0.717) is 11.8 Å². The van der Waals surface area contributed by atoms with E-state index < -0.39 is 0 Å². The molecule has 0 bridgehead atoms. The van der Waals surface area contributed by atoms with Crippen molar-refractivity contribution in [3.8, 4) is 5.88 Å². The average Bonchev–Trinajstić information content (AvgIpc) is 2.78. The Hall–Kier alpha value is -2.97. The van der Waals surface area contributed by atoms with Gasteiger partial charge < -0.3 is 24.6 Å². The molecule has 156 valence electrons. The minimum Gasteiger partial charge on any atom is -0.480 e. The Bertz CT molecular complexity index is 1070. The number of ether oxygens (including phenoxy) is 2. The second kappa shape index (κ2) is 8.04. The summed E-state index contributed by atoms with van der Waals surface area (Å²) >= 11 is 0. The Morgan fingerprint density at radius 2 is 2.00 bits per heavy atom. The second-order valence-electron chi connectivity index (χ2n) is 7.77. The molecule has 1 aromatic carbocycles. The Labute approximate surface area is 175 Å². The maximum absolute atomic E-state index is 5.55. The molecular weight excluding hydrogens is 380 g/mol. The smallest absolute Gasteiger partial charge is 0.237 e. The molecule has 5 rings (SSSR count). The van der Waals surface area contributed by atoms with Crippen LogP contribution in [0.25, 0.3) is 10.9 Å². The molecule has 1 fully saturated rings. The Morgan fingerprint density at radius 3 is 2.83 bits per heavy atom. The molecule has 30 heavy (non-hydrogen) atoms. The number of likely N-dealkylation sites (N-methyl/N-ethyl adjacent to an activating group) is 1. The predicted molar refractivity (Wildman–Crippen MR) is 117 cm³/mol. The van der Waals surface area contributed by atoms with Crippen LogP contribution in [0.2, 0.25) is 0 Å². The van der Waals surface area contributed by atoms with Crippen molar-refractivity contribution in [1.29, 1.82) is 0 Å². The lowest BCUT2D eigenvalue weighted by molar-refractivity contribution is 0.123. The predicted octanol–water partition coefficient (Wildman–Crippen LogP) is 2.60. The van der Waals surface area contributed by atoms with Crippen molar-refractivity contribution < 1.29 is 9.47 Å². The van der Waals surface area contributed by atoms with Gasteiger partial charge in [0.1, 0.15) is 5.69 Å². The second-order valence-corrected chi connectivity index (χ2v) is 7.77. The lowest BCUT2D eigenvalue weighted by atomic mass is 10.1. The first kappa shape index (κ1) is 19.0. The minimum absolute atomic E-state index is 0.535. The highest BCUT2D eigenvalue weighted by atomic mass is 16.5. The molecule has 0 radical (unpaired) electrons. The number of morpholine rings is 1. The van der Waals surface area contributed by atoms with Gasteiger partial charge in [0.2, 0.25) is 11.8 Å². The summed E-state index contributed by atoms with van der Waals surface area (Å²) in [7, 11) is 3.77. The average molecular weight is 406 g/mol. The van der Waals surface area contributed by atoms with Crippen LogP contribution >= 0.6 is 0 Å². The van der Waals surface area contributed by atoms with E-state index in [4.69, 9.17) is 19.4 Å². The molecule has 3 aromatic rings. The fraction of sp³-hybridized carbons (Fsp3) is 0.409. The van der Waals surface area contributed by atoms with Crippen LogP contribution < -0.4 is 15.0 Å². The lowest BCUT2D eigenvalue weighted by Crippen LogP contribution is -2.36. The number of rotatable bonds is 4. The summed E-state index contributed by atoms with van der Waals surface area (Å²) in [5, 5.41) is 4.35. The maximum Gasteiger partial charge on any atom is 0.237 e. The monoisotopic (exact) mass is 406 g/mol. The number of nitrogens with zero attached hydrogens (tertiary/aromatic N) is 5. The van der Waals surface area contributed by atoms with Crippen LogP contribution in [0.5, 0.6) is 5.88 Å². The summed E-state index contributed by atoms with van der Waals surface area (Å²) in [6.45, 7) is 5.08. The van der Waals surface area contributed by atoms with Gasteiger partial charge >= 0.3 is 0 Å². The first-order chi connectivity index (χ1) is 14.7. The third-order valence-electron chi connectivity index (χ3n) is 5.71. The molecule has 8 nitrogen and oxygen atoms in total. The number of hydrogen-bond acceptors (Lipinski definition) is 8. The number of fused-ring (bicyclic) bond motifs is 2. The van der Waals surface area contributed by atoms with Gasteiger partial charge in [-0.2, -0.15) is 0 Å². The van der Waals surface area contributed by atoms with Crippen LogP contribution in [0.4, 0.5) is 17.3 Å². The molecule has 0 unspecified atom stereocenters. The van der Waals surface area contributed by atoms with Gasteiger partial charge in [0, 0.05) is 44.2 Å². The Morgan fingerprint density at radius 1 is 1.13 bits per heavy atom. The molecule has 0 atom stereocenters. The number of para-hydroxylation sites is 1. The zero-order valence-corrected chi connectivity index (χ0v) is 17.4. The number of nitrogens with one attached hydrogen (secondary N) is 1. The molecule has 2 aliphatic heterocycles. The first-order valence-electron chi connectivity index (χ1n) is 10.3. The standard InChI is InChI=1S/C22H26N6O2/c1-27-7-6-17-16(14-27)12-18(21(24-17)29-2)25-22-23-13-15-4-3-5-19(20(15)26-22)28-8-10-30-11-9-28/h3-5,12-13H,6-11,14H2,1-2H3,(H,23,25,26). The van der Waals surface area contributed by atoms with Gasteiger partial charge in [0.25, 0.3) is 0 Å². The molecule has 4 heterocycles. The highest BCUT2D eigenvalue weighted by Gasteiger charge is 2.20. The van der Waals surface area contributed by atoms with E-state index in [1.54, 1.807) is 7.11 Å². The summed E-state index contributed by atoms with van der Waals surface area (Å²) in [4.78, 5) is 18.7. The summed E-state index contributed by atoms with van der Waals surface area (Å²) in [6, 6.07) is 8.32. The SMILES string of the molecule is COc1nc2c(cc1Nc1ncc3cccc(N4CCOCC4)c3n1)CN(C)CC2. The molecule has 0 aliphatic carbocycles. The molecule has 0 spiro atoms. The van der Waals surface area contributed by atoms with Crippen molar-refractivity contribution in [2.45, 2.75) is 13.0 Å². The van der Waals surface area contributed by atoms with E-state index in [1.165, 1.54) is 5.56 Å². The molecule has 8 heteroatoms. The lowest BCUT2D eigenvalue weighted by Gasteiger charge is -2.29. The Balaban J connectivity index is 1.50. The van der Waals surface area contributed by atoms with Crippen molar-refractivity contribution in [2.24, 2.45) is 0 Å². The number of benzene rings is 1. The summed E-state index contributed by atoms with van der Waals surface area (Å²) in [5.74, 6) is 1.11. The number of hydrogen-bond donors (Lipinski definition) is 1. The molecule has 2 aromatic heterocycles. The summed E-state index contributed by atoms with van der Waals surface area (Å²) < 4.78 is 11.1. The van der Waals surface area contributed by atoms with E-state index >= 15 is 0 Å². The van der Waals surface area contributed by atoms with Gasteiger partial charge in [-0.05, 0) is 24.7 Å². The highest BCUT2D eigenvalue weighted by molar-refractivity contribution is 5.91. The van der Waals surface area contributed by atoms with E-state index in [0.717, 1.165) is 73.8 Å². The van der Waals surface area contributed by atoms with Crippen molar-refractivity contribution in [3.63, 3.8) is 0 Å². The number of aromatic nitrogens is 3. The van der Waals surface area contributed by atoms with Gasteiger partial charge in [0.05, 0.1) is 37.2 Å². The van der Waals surface area contributed by atoms with Crippen LogP contribution in [0.1, 0.15) is 11.3 Å². The molecule has 0 amide bonds. The van der Waals surface area contributed by atoms with E-state index in [9.17, 15) is 0 Å². The summed E-state index contributed by atoms with van der Waals surface area (Å²) in [5.41, 5.74) is 5.14. The van der Waals surface area contributed by atoms with Crippen molar-refractivity contribution in [3.05, 3.63) is 41.7 Å². The molecule has 0 saturated carbocycles. The van der Waals surface area contributed by atoms with E-state index in [-0.39, 0.29) is 0 Å². The van der Waals surface area contributed by atoms with Crippen LogP contribution in [0.3, 0.4) is 0 Å². The number of anilines is 3. The zero-order chi connectivity index (χ0) is 20.5. The first-order valence-corrected chi connectivity index (χ1v) is 10.3. The van der Waals surface area contributed by atoms with Crippen LogP contribution in [0.15, 0.2) is 30.5 Å². The fourth-order valence-electron chi connectivity index (χ4n) is 4.12. The van der Waals surface area contributed by atoms with Gasteiger partial charge in [-0.15, -0.1) is 0 Å².